The van der Waals surface area contributed by atoms with Crippen LogP contribution in [0.4, 0.5) is 5.69 Å². The molecule has 1 aliphatic rings. The van der Waals surface area contributed by atoms with Gasteiger partial charge in [-0.25, -0.2) is 18.5 Å². The van der Waals surface area contributed by atoms with Gasteiger partial charge in [-0.2, -0.15) is 0 Å². The van der Waals surface area contributed by atoms with Gasteiger partial charge >= 0.3 is 5.97 Å². The van der Waals surface area contributed by atoms with Gasteiger partial charge in [0.2, 0.25) is 21.8 Å². The fourth-order valence-electron chi connectivity index (χ4n) is 3.95. The number of sulfonamides is 1. The number of imide groups is 1. The van der Waals surface area contributed by atoms with Crippen LogP contribution in [0, 0.1) is 0 Å². The molecule has 1 atom stereocenters. The van der Waals surface area contributed by atoms with E-state index in [0.717, 1.165) is 11.3 Å². The van der Waals surface area contributed by atoms with Gasteiger partial charge in [-0.3, -0.25) is 19.2 Å². The Hall–Kier alpha value is -3.77. The molecule has 0 radical (unpaired) electrons. The van der Waals surface area contributed by atoms with Crippen molar-refractivity contribution in [2.24, 2.45) is 5.14 Å². The van der Waals surface area contributed by atoms with Gasteiger partial charge in [-0.15, -0.1) is 0 Å². The molecule has 1 saturated heterocycles. The molecule has 1 fully saturated rings. The maximum atomic E-state index is 13.3. The highest BCUT2D eigenvalue weighted by Gasteiger charge is 2.44. The lowest BCUT2D eigenvalue weighted by Gasteiger charge is -2.28. The van der Waals surface area contributed by atoms with Crippen LogP contribution in [-0.4, -0.2) is 61.3 Å². The zero-order chi connectivity index (χ0) is 27.2. The highest BCUT2D eigenvalue weighted by molar-refractivity contribution is 7.89. The third-order valence-electron chi connectivity index (χ3n) is 5.83. The predicted molar refractivity (Wildman–Crippen MR) is 133 cm³/mol. The predicted octanol–water partition coefficient (Wildman–Crippen LogP) is 1.69. The average molecular weight is 532 g/mol. The molecule has 3 amide bonds. The number of primary sulfonamides is 1. The van der Waals surface area contributed by atoms with Crippen molar-refractivity contribution < 1.29 is 37.4 Å². The van der Waals surface area contributed by atoms with Gasteiger partial charge in [0, 0.05) is 13.0 Å². The Morgan fingerprint density at radius 3 is 2.30 bits per heavy atom. The zero-order valence-electron chi connectivity index (χ0n) is 20.3. The third-order valence-corrected chi connectivity index (χ3v) is 6.76. The number of nitrogens with two attached hydrogens (primary N) is 1. The van der Waals surface area contributed by atoms with E-state index in [1.54, 1.807) is 24.3 Å². The molecule has 12 heteroatoms. The second-order valence-corrected chi connectivity index (χ2v) is 10.1. The Balaban J connectivity index is 1.79. The number of anilines is 1. The number of carbonyl (C=O) groups excluding carboxylic acids is 3. The first kappa shape index (κ1) is 27.8. The molecule has 2 aromatic carbocycles. The quantitative estimate of drug-likeness (QED) is 0.391. The summed E-state index contributed by atoms with van der Waals surface area (Å²) in [6, 6.07) is 11.1. The molecule has 37 heavy (non-hydrogen) atoms. The molecule has 1 aliphatic heterocycles. The van der Waals surface area contributed by atoms with E-state index in [0.29, 0.717) is 23.6 Å². The number of hydrogen-bond donors (Lipinski definition) is 2. The minimum absolute atomic E-state index is 0.0223. The van der Waals surface area contributed by atoms with Crippen LogP contribution in [0.2, 0.25) is 0 Å². The van der Waals surface area contributed by atoms with Crippen LogP contribution in [0.3, 0.4) is 0 Å². The van der Waals surface area contributed by atoms with Crippen molar-refractivity contribution in [1.82, 2.24) is 4.90 Å². The minimum Gasteiger partial charge on any atom is -0.494 e. The van der Waals surface area contributed by atoms with Gasteiger partial charge in [0.1, 0.15) is 11.8 Å². The summed E-state index contributed by atoms with van der Waals surface area (Å²) in [5.41, 5.74) is 1.01. The molecule has 0 aliphatic carbocycles. The summed E-state index contributed by atoms with van der Waals surface area (Å²) in [7, 11) is -3.86. The Bertz CT molecular complexity index is 1260. The monoisotopic (exact) mass is 531 g/mol. The summed E-state index contributed by atoms with van der Waals surface area (Å²) < 4.78 is 28.5. The van der Waals surface area contributed by atoms with Gasteiger partial charge in [-0.05, 0) is 54.8 Å². The Morgan fingerprint density at radius 2 is 1.73 bits per heavy atom. The maximum Gasteiger partial charge on any atom is 0.303 e. The molecule has 2 aromatic rings. The smallest absolute Gasteiger partial charge is 0.303 e. The Labute approximate surface area is 214 Å². The topological polar surface area (TPSA) is 164 Å². The lowest BCUT2D eigenvalue weighted by Crippen LogP contribution is -2.46. The number of carboxylic acid groups (broad SMARTS) is 1. The summed E-state index contributed by atoms with van der Waals surface area (Å²) in [6.07, 6.45) is 0.0765. The minimum atomic E-state index is -3.86. The maximum absolute atomic E-state index is 13.3. The Kier molecular flexibility index (Phi) is 9.00. The van der Waals surface area contributed by atoms with Gasteiger partial charge in [0.05, 0.1) is 30.0 Å². The van der Waals surface area contributed by atoms with Gasteiger partial charge in [-0.1, -0.05) is 19.1 Å². The first-order chi connectivity index (χ1) is 17.5. The Morgan fingerprint density at radius 1 is 1.08 bits per heavy atom. The van der Waals surface area contributed by atoms with E-state index in [1.165, 1.54) is 29.2 Å². The summed E-state index contributed by atoms with van der Waals surface area (Å²) in [4.78, 5) is 52.3. The molecule has 0 aromatic heterocycles. The van der Waals surface area contributed by atoms with Crippen LogP contribution < -0.4 is 14.8 Å². The van der Waals surface area contributed by atoms with Crippen LogP contribution in [0.15, 0.2) is 53.4 Å². The van der Waals surface area contributed by atoms with Gasteiger partial charge in [0.25, 0.3) is 5.91 Å². The molecule has 0 bridgehead atoms. The number of benzene rings is 2. The first-order valence-electron chi connectivity index (χ1n) is 11.7. The zero-order valence-corrected chi connectivity index (χ0v) is 21.1. The lowest BCUT2D eigenvalue weighted by atomic mass is 10.1. The number of ether oxygens (including phenoxy) is 1. The number of rotatable bonds is 12. The number of carboxylic acids is 1. The summed E-state index contributed by atoms with van der Waals surface area (Å²) in [5, 5.41) is 14.1. The SMILES string of the molecule is CCCOc1ccc(N2C(=O)CC(N(CCc3ccc(S(N)(=O)=O)cc3)C(=O)CCC(=O)O)C2=O)cc1. The van der Waals surface area contributed by atoms with Crippen LogP contribution in [0.25, 0.3) is 0 Å². The highest BCUT2D eigenvalue weighted by atomic mass is 32.2. The molecule has 3 rings (SSSR count). The third kappa shape index (κ3) is 7.14. The molecular formula is C25H29N3O8S. The molecular weight excluding hydrogens is 502 g/mol. The molecule has 11 nitrogen and oxygen atoms in total. The van der Waals surface area contributed by atoms with E-state index < -0.39 is 46.2 Å². The van der Waals surface area contributed by atoms with Crippen LogP contribution in [-0.2, 0) is 35.6 Å². The van der Waals surface area contributed by atoms with Crippen molar-refractivity contribution in [2.45, 2.75) is 50.0 Å². The summed E-state index contributed by atoms with van der Waals surface area (Å²) in [5.74, 6) is -2.20. The highest BCUT2D eigenvalue weighted by Crippen LogP contribution is 2.28. The van der Waals surface area contributed by atoms with Crippen LogP contribution >= 0.6 is 0 Å². The number of hydrogen-bond acceptors (Lipinski definition) is 7. The molecule has 1 unspecified atom stereocenters. The fourth-order valence-corrected chi connectivity index (χ4v) is 4.46. The van der Waals surface area contributed by atoms with E-state index in [-0.39, 0.29) is 30.7 Å². The van der Waals surface area contributed by atoms with E-state index >= 15 is 0 Å². The molecule has 0 spiro atoms. The van der Waals surface area contributed by atoms with Crippen LogP contribution in [0.1, 0.15) is 38.2 Å². The van der Waals surface area contributed by atoms with E-state index in [2.05, 4.69) is 0 Å². The van der Waals surface area contributed by atoms with Crippen molar-refractivity contribution in [2.75, 3.05) is 18.1 Å². The van der Waals surface area contributed by atoms with Crippen molar-refractivity contribution in [3.63, 3.8) is 0 Å². The van der Waals surface area contributed by atoms with Crippen molar-refractivity contribution in [3.8, 4) is 5.75 Å². The summed E-state index contributed by atoms with van der Waals surface area (Å²) >= 11 is 0. The number of nitrogens with zero attached hydrogens (tertiary/aromatic N) is 2. The molecule has 0 saturated carbocycles. The number of aliphatic carboxylic acids is 1. The van der Waals surface area contributed by atoms with E-state index in [9.17, 15) is 27.6 Å². The van der Waals surface area contributed by atoms with Crippen molar-refractivity contribution >= 4 is 39.4 Å². The van der Waals surface area contributed by atoms with Crippen molar-refractivity contribution in [3.05, 3.63) is 54.1 Å². The largest absolute Gasteiger partial charge is 0.494 e. The van der Waals surface area contributed by atoms with Crippen LogP contribution in [0.5, 0.6) is 5.75 Å². The lowest BCUT2D eigenvalue weighted by molar-refractivity contribution is -0.143. The van der Waals surface area contributed by atoms with Crippen molar-refractivity contribution in [1.29, 1.82) is 0 Å². The first-order valence-corrected chi connectivity index (χ1v) is 13.3. The average Bonchev–Trinajstić information content (AvgIpc) is 3.15. The van der Waals surface area contributed by atoms with Gasteiger partial charge in [0.15, 0.2) is 0 Å². The van der Waals surface area contributed by atoms with Gasteiger partial charge < -0.3 is 14.7 Å². The second-order valence-electron chi connectivity index (χ2n) is 8.55. The fraction of sp³-hybridized carbons (Fsp3) is 0.360. The van der Waals surface area contributed by atoms with E-state index in [1.807, 2.05) is 6.92 Å². The summed E-state index contributed by atoms with van der Waals surface area (Å²) in [6.45, 7) is 2.52. The normalized spacial score (nSPS) is 15.6. The molecule has 198 valence electrons. The molecule has 1 heterocycles. The standard InChI is InChI=1S/C25H29N3O8S/c1-2-15-36-19-7-5-18(6-8-19)28-23(30)16-21(25(28)33)27(22(29)11-12-24(31)32)14-13-17-3-9-20(10-4-17)37(26,34)35/h3-10,21H,2,11-16H2,1H3,(H,31,32)(H2,26,34,35). The number of amides is 3. The van der Waals surface area contributed by atoms with E-state index in [4.69, 9.17) is 15.0 Å². The second kappa shape index (κ2) is 12.0. The molecule has 3 N–H and O–H groups in total. The number of carbonyl (C=O) groups is 4.